The number of nitrogens with zero attached hydrogens (tertiary/aromatic N) is 2. The molecule has 0 radical (unpaired) electrons. The fraction of sp³-hybridized carbons (Fsp3) is 0.361. The zero-order valence-electron chi connectivity index (χ0n) is 24.7. The number of aromatic nitrogens is 2. The van der Waals surface area contributed by atoms with Gasteiger partial charge >= 0.3 is 0 Å². The molecule has 0 spiro atoms. The number of hydrogen-bond acceptors (Lipinski definition) is 5. The van der Waals surface area contributed by atoms with Crippen molar-refractivity contribution in [1.29, 1.82) is 0 Å². The molecule has 2 aliphatic heterocycles. The van der Waals surface area contributed by atoms with Crippen LogP contribution in [-0.2, 0) is 19.1 Å². The van der Waals surface area contributed by atoms with Gasteiger partial charge in [0.1, 0.15) is 24.1 Å². The second kappa shape index (κ2) is 12.8. The Bertz CT molecular complexity index is 1560. The first-order chi connectivity index (χ1) is 21.6. The van der Waals surface area contributed by atoms with Gasteiger partial charge < -0.3 is 24.7 Å². The van der Waals surface area contributed by atoms with Crippen molar-refractivity contribution in [2.75, 3.05) is 19.8 Å². The van der Waals surface area contributed by atoms with Gasteiger partial charge in [-0.2, -0.15) is 0 Å². The van der Waals surface area contributed by atoms with Gasteiger partial charge in [-0.15, -0.1) is 0 Å². The minimum absolute atomic E-state index is 0.0642. The number of benzene rings is 3. The first kappa shape index (κ1) is 28.5. The summed E-state index contributed by atoms with van der Waals surface area (Å²) in [5.74, 6) is 1.03. The summed E-state index contributed by atoms with van der Waals surface area (Å²) in [6.07, 6.45) is 5.73. The molecule has 3 fully saturated rings. The van der Waals surface area contributed by atoms with E-state index in [0.29, 0.717) is 32.1 Å². The van der Waals surface area contributed by atoms with Crippen LogP contribution in [0.2, 0.25) is 0 Å². The number of aromatic amines is 1. The summed E-state index contributed by atoms with van der Waals surface area (Å²) in [7, 11) is 0. The standard InChI is InChI=1S/C36H38N4O4/c41-33(20-24-13-14-24)39-34(28-10-5-2-6-11-28)36(42)40-19-7-12-30(40)35-37-21-29(38-35)32-23-43-31(22-44-32)27-17-15-26(16-18-27)25-8-3-1-4-9-25/h1-6,8-11,15-18,21,24,30-32,34H,7,12-14,19-20,22-23H2,(H,37,38)(H,39,41)/t30-,31?,32?,34+/m0/s1. The van der Waals surface area contributed by atoms with Crippen LogP contribution < -0.4 is 5.32 Å². The van der Waals surface area contributed by atoms with Gasteiger partial charge in [-0.1, -0.05) is 84.9 Å². The molecule has 7 rings (SSSR count). The number of H-pyrrole nitrogens is 1. The summed E-state index contributed by atoms with van der Waals surface area (Å²) in [6.45, 7) is 1.47. The second-order valence-corrected chi connectivity index (χ2v) is 12.1. The maximum atomic E-state index is 14.0. The molecule has 3 aromatic carbocycles. The van der Waals surface area contributed by atoms with E-state index in [-0.39, 0.29) is 30.1 Å². The topological polar surface area (TPSA) is 96.6 Å². The van der Waals surface area contributed by atoms with Gasteiger partial charge in [0.2, 0.25) is 11.8 Å². The van der Waals surface area contributed by atoms with E-state index < -0.39 is 6.04 Å². The van der Waals surface area contributed by atoms with Gasteiger partial charge in [0.25, 0.3) is 0 Å². The number of nitrogens with one attached hydrogen (secondary N) is 2. The highest BCUT2D eigenvalue weighted by atomic mass is 16.6. The highest BCUT2D eigenvalue weighted by Gasteiger charge is 2.38. The number of likely N-dealkylation sites (tertiary alicyclic amines) is 1. The lowest BCUT2D eigenvalue weighted by Gasteiger charge is -2.30. The molecule has 0 bridgehead atoms. The Morgan fingerprint density at radius 1 is 0.864 bits per heavy atom. The molecule has 2 amide bonds. The number of carbonyl (C=O) groups excluding carboxylic acids is 2. The average molecular weight is 591 g/mol. The minimum atomic E-state index is -0.716. The van der Waals surface area contributed by atoms with Crippen LogP contribution in [0.1, 0.15) is 79.0 Å². The third kappa shape index (κ3) is 6.32. The first-order valence-electron chi connectivity index (χ1n) is 15.7. The Kier molecular flexibility index (Phi) is 8.27. The van der Waals surface area contributed by atoms with Crippen LogP contribution in [-0.4, -0.2) is 46.4 Å². The lowest BCUT2D eigenvalue weighted by atomic mass is 10.0. The lowest BCUT2D eigenvalue weighted by Crippen LogP contribution is -2.43. The van der Waals surface area contributed by atoms with Crippen LogP contribution >= 0.6 is 0 Å². The Hall–Kier alpha value is -4.27. The van der Waals surface area contributed by atoms with Crippen LogP contribution in [0, 0.1) is 5.92 Å². The van der Waals surface area contributed by atoms with Gasteiger partial charge in [-0.3, -0.25) is 9.59 Å². The normalized spacial score (nSPS) is 22.5. The average Bonchev–Trinajstić information content (AvgIpc) is 3.53. The van der Waals surface area contributed by atoms with E-state index in [0.717, 1.165) is 48.3 Å². The number of imidazole rings is 1. The number of carbonyl (C=O) groups is 2. The van der Waals surface area contributed by atoms with Crippen LogP contribution in [0.5, 0.6) is 0 Å². The predicted molar refractivity (Wildman–Crippen MR) is 166 cm³/mol. The smallest absolute Gasteiger partial charge is 0.250 e. The minimum Gasteiger partial charge on any atom is -0.368 e. The number of ether oxygens (including phenoxy) is 2. The third-order valence-electron chi connectivity index (χ3n) is 8.96. The summed E-state index contributed by atoms with van der Waals surface area (Å²) in [6, 6.07) is 27.4. The van der Waals surface area contributed by atoms with Crippen molar-refractivity contribution in [1.82, 2.24) is 20.2 Å². The molecule has 4 aromatic rings. The molecule has 44 heavy (non-hydrogen) atoms. The molecule has 1 aliphatic carbocycles. The van der Waals surface area contributed by atoms with Crippen molar-refractivity contribution in [3.05, 3.63) is 114 Å². The van der Waals surface area contributed by atoms with Gasteiger partial charge in [-0.05, 0) is 53.9 Å². The highest BCUT2D eigenvalue weighted by molar-refractivity contribution is 5.89. The van der Waals surface area contributed by atoms with Gasteiger partial charge in [0, 0.05) is 13.0 Å². The fourth-order valence-electron chi connectivity index (χ4n) is 6.30. The highest BCUT2D eigenvalue weighted by Crippen LogP contribution is 2.36. The van der Waals surface area contributed by atoms with Gasteiger partial charge in [-0.25, -0.2) is 4.98 Å². The Labute approximate surface area is 257 Å². The van der Waals surface area contributed by atoms with Crippen molar-refractivity contribution in [2.45, 2.75) is 56.4 Å². The zero-order valence-corrected chi connectivity index (χ0v) is 24.7. The third-order valence-corrected chi connectivity index (χ3v) is 8.96. The summed E-state index contributed by atoms with van der Waals surface area (Å²) in [4.78, 5) is 36.8. The Morgan fingerprint density at radius 2 is 1.55 bits per heavy atom. The molecule has 1 aromatic heterocycles. The summed E-state index contributed by atoms with van der Waals surface area (Å²) >= 11 is 0. The SMILES string of the molecule is O=C(CC1CC1)N[C@@H](C(=O)N1CCC[C@H]1c1ncc(C2COC(c3ccc(-c4ccccc4)cc3)CO2)[nH]1)c1ccccc1. The fourth-order valence-corrected chi connectivity index (χ4v) is 6.30. The first-order valence-corrected chi connectivity index (χ1v) is 15.7. The molecule has 226 valence electrons. The quantitative estimate of drug-likeness (QED) is 0.241. The molecule has 1 saturated carbocycles. The van der Waals surface area contributed by atoms with Crippen molar-refractivity contribution < 1.29 is 19.1 Å². The molecular weight excluding hydrogens is 552 g/mol. The van der Waals surface area contributed by atoms with Crippen LogP contribution in [0.3, 0.4) is 0 Å². The van der Waals surface area contributed by atoms with Crippen LogP contribution in [0.4, 0.5) is 0 Å². The zero-order chi connectivity index (χ0) is 29.9. The predicted octanol–water partition coefficient (Wildman–Crippen LogP) is 6.23. The molecule has 4 atom stereocenters. The van der Waals surface area contributed by atoms with Gasteiger partial charge in [0.05, 0.1) is 31.1 Å². The van der Waals surface area contributed by atoms with Gasteiger partial charge in [0.15, 0.2) is 0 Å². The summed E-state index contributed by atoms with van der Waals surface area (Å²) < 4.78 is 12.5. The van der Waals surface area contributed by atoms with Crippen molar-refractivity contribution in [3.63, 3.8) is 0 Å². The Morgan fingerprint density at radius 3 is 2.25 bits per heavy atom. The van der Waals surface area contributed by atoms with E-state index in [1.165, 1.54) is 11.1 Å². The number of hydrogen-bond donors (Lipinski definition) is 2. The second-order valence-electron chi connectivity index (χ2n) is 12.1. The monoisotopic (exact) mass is 590 g/mol. The Balaban J connectivity index is 0.996. The van der Waals surface area contributed by atoms with Crippen LogP contribution in [0.15, 0.2) is 91.1 Å². The van der Waals surface area contributed by atoms with E-state index in [4.69, 9.17) is 14.5 Å². The van der Waals surface area contributed by atoms with E-state index in [1.54, 1.807) is 6.20 Å². The maximum absolute atomic E-state index is 14.0. The lowest BCUT2D eigenvalue weighted by molar-refractivity contribution is -0.138. The molecule has 2 N–H and O–H groups in total. The van der Waals surface area contributed by atoms with Crippen molar-refractivity contribution in [3.8, 4) is 11.1 Å². The molecule has 8 nitrogen and oxygen atoms in total. The molecule has 2 unspecified atom stereocenters. The van der Waals surface area contributed by atoms with E-state index in [2.05, 4.69) is 46.7 Å². The van der Waals surface area contributed by atoms with E-state index >= 15 is 0 Å². The molecule has 3 aliphatic rings. The summed E-state index contributed by atoms with van der Waals surface area (Å²) in [5, 5.41) is 3.04. The molecule has 3 heterocycles. The van der Waals surface area contributed by atoms with E-state index in [9.17, 15) is 9.59 Å². The number of amides is 2. The van der Waals surface area contributed by atoms with Crippen LogP contribution in [0.25, 0.3) is 11.1 Å². The van der Waals surface area contributed by atoms with Crippen molar-refractivity contribution in [2.24, 2.45) is 5.92 Å². The van der Waals surface area contributed by atoms with E-state index in [1.807, 2.05) is 53.4 Å². The maximum Gasteiger partial charge on any atom is 0.250 e. The summed E-state index contributed by atoms with van der Waals surface area (Å²) in [5.41, 5.74) is 5.08. The number of rotatable bonds is 9. The molecular formula is C36H38N4O4. The molecule has 2 saturated heterocycles. The van der Waals surface area contributed by atoms with Crippen molar-refractivity contribution >= 4 is 11.8 Å². The molecule has 8 heteroatoms. The largest absolute Gasteiger partial charge is 0.368 e.